The zero-order valence-corrected chi connectivity index (χ0v) is 14.2. The second-order valence-corrected chi connectivity index (χ2v) is 6.90. The molecule has 4 atom stereocenters. The van der Waals surface area contributed by atoms with Crippen LogP contribution in [0.15, 0.2) is 11.6 Å². The third-order valence-electron chi connectivity index (χ3n) is 6.05. The summed E-state index contributed by atoms with van der Waals surface area (Å²) in [4.78, 5) is 13.6. The monoisotopic (exact) mass is 329 g/mol. The molecule has 0 amide bonds. The molecule has 2 fully saturated rings. The van der Waals surface area contributed by atoms with Gasteiger partial charge in [-0.1, -0.05) is 6.08 Å². The first kappa shape index (κ1) is 17.8. The average Bonchev–Trinajstić information content (AvgIpc) is 2.91. The van der Waals surface area contributed by atoms with Crippen molar-refractivity contribution in [3.8, 4) is 0 Å². The number of ether oxygens (including phenoxy) is 1. The third kappa shape index (κ3) is 2.93. The van der Waals surface area contributed by atoms with Crippen molar-refractivity contribution in [2.75, 3.05) is 19.8 Å². The van der Waals surface area contributed by atoms with Gasteiger partial charge in [0.2, 0.25) is 0 Å². The highest BCUT2D eigenvalue weighted by atomic mass is 35.5. The lowest BCUT2D eigenvalue weighted by molar-refractivity contribution is -0.982. The van der Waals surface area contributed by atoms with Crippen LogP contribution < -0.4 is 17.3 Å². The number of fused-ring (bicyclic) bond motifs is 2. The van der Waals surface area contributed by atoms with Crippen molar-refractivity contribution in [1.29, 1.82) is 0 Å². The van der Waals surface area contributed by atoms with E-state index in [4.69, 9.17) is 4.74 Å². The summed E-state index contributed by atoms with van der Waals surface area (Å²) in [6.45, 7) is 3.39. The zero-order valence-electron chi connectivity index (χ0n) is 13.4. The summed E-state index contributed by atoms with van der Waals surface area (Å²) < 4.78 is 5.20. The van der Waals surface area contributed by atoms with Gasteiger partial charge in [0.1, 0.15) is 12.1 Å². The van der Waals surface area contributed by atoms with E-state index in [1.54, 1.807) is 4.90 Å². The van der Waals surface area contributed by atoms with Gasteiger partial charge in [-0.2, -0.15) is 0 Å². The van der Waals surface area contributed by atoms with Crippen molar-refractivity contribution in [2.24, 2.45) is 5.92 Å². The minimum atomic E-state index is -0.136. The molecule has 1 saturated carbocycles. The molecule has 5 heteroatoms. The van der Waals surface area contributed by atoms with Crippen molar-refractivity contribution >= 4 is 5.97 Å². The maximum atomic E-state index is 12.1. The molecule has 0 aromatic rings. The van der Waals surface area contributed by atoms with Crippen molar-refractivity contribution in [3.05, 3.63) is 11.6 Å². The number of rotatable bonds is 3. The zero-order chi connectivity index (χ0) is 14.9. The molecule has 1 unspecified atom stereocenters. The molecule has 0 radical (unpaired) electrons. The SMILES string of the molecule is CCOC(=O)C1=CC[C@H]2CCC[C@]3(CCC[C@@H]3CO)[NH+]2C1.[Cl-]. The van der Waals surface area contributed by atoms with Gasteiger partial charge in [-0.05, 0) is 32.6 Å². The van der Waals surface area contributed by atoms with Gasteiger partial charge in [0, 0.05) is 25.2 Å². The molecule has 2 heterocycles. The predicted molar refractivity (Wildman–Crippen MR) is 80.0 cm³/mol. The Bertz CT molecular complexity index is 440. The minimum Gasteiger partial charge on any atom is -1.00 e. The van der Waals surface area contributed by atoms with E-state index in [9.17, 15) is 9.90 Å². The summed E-state index contributed by atoms with van der Waals surface area (Å²) in [5.74, 6) is 0.277. The number of piperidine rings is 1. The fourth-order valence-corrected chi connectivity index (χ4v) is 5.09. The third-order valence-corrected chi connectivity index (χ3v) is 6.05. The molecule has 0 aromatic carbocycles. The molecule has 1 spiro atoms. The lowest BCUT2D eigenvalue weighted by Crippen LogP contribution is -3.25. The Morgan fingerprint density at radius 1 is 1.41 bits per heavy atom. The lowest BCUT2D eigenvalue weighted by Gasteiger charge is -2.50. The van der Waals surface area contributed by atoms with Crippen LogP contribution in [0, 0.1) is 5.92 Å². The van der Waals surface area contributed by atoms with Crippen molar-refractivity contribution in [2.45, 2.75) is 63.5 Å². The summed E-state index contributed by atoms with van der Waals surface area (Å²) >= 11 is 0. The number of aliphatic hydroxyl groups excluding tert-OH is 1. The highest BCUT2D eigenvalue weighted by Gasteiger charge is 2.55. The lowest BCUT2D eigenvalue weighted by atomic mass is 9.74. The molecule has 126 valence electrons. The van der Waals surface area contributed by atoms with Crippen LogP contribution in [-0.4, -0.2) is 42.4 Å². The average molecular weight is 330 g/mol. The van der Waals surface area contributed by atoms with Gasteiger partial charge in [0.25, 0.3) is 0 Å². The van der Waals surface area contributed by atoms with Gasteiger partial charge in [-0.25, -0.2) is 4.79 Å². The first-order valence-electron chi connectivity index (χ1n) is 8.54. The number of quaternary nitrogens is 1. The van der Waals surface area contributed by atoms with Gasteiger partial charge >= 0.3 is 5.97 Å². The second kappa shape index (κ2) is 7.33. The number of esters is 1. The van der Waals surface area contributed by atoms with Crippen molar-refractivity contribution < 1.29 is 31.9 Å². The second-order valence-electron chi connectivity index (χ2n) is 6.90. The van der Waals surface area contributed by atoms with E-state index in [0.717, 1.165) is 25.0 Å². The maximum absolute atomic E-state index is 12.1. The van der Waals surface area contributed by atoms with E-state index in [2.05, 4.69) is 6.08 Å². The highest BCUT2D eigenvalue weighted by molar-refractivity contribution is 5.88. The smallest absolute Gasteiger partial charge is 0.339 e. The topological polar surface area (TPSA) is 51.0 Å². The Hall–Kier alpha value is -0.580. The fraction of sp³-hybridized carbons (Fsp3) is 0.824. The molecule has 2 N–H and O–H groups in total. The van der Waals surface area contributed by atoms with Gasteiger partial charge in [0.15, 0.2) is 0 Å². The number of halogens is 1. The minimum absolute atomic E-state index is 0. The normalized spacial score (nSPS) is 37.2. The quantitative estimate of drug-likeness (QED) is 0.581. The van der Waals surface area contributed by atoms with Crippen LogP contribution >= 0.6 is 0 Å². The van der Waals surface area contributed by atoms with Gasteiger partial charge in [-0.15, -0.1) is 0 Å². The van der Waals surface area contributed by atoms with Gasteiger partial charge in [0.05, 0.1) is 24.8 Å². The number of carbonyl (C=O) groups excluding carboxylic acids is 1. The van der Waals surface area contributed by atoms with Crippen LogP contribution in [0.3, 0.4) is 0 Å². The summed E-state index contributed by atoms with van der Waals surface area (Å²) in [6, 6.07) is 0.629. The van der Waals surface area contributed by atoms with E-state index >= 15 is 0 Å². The predicted octanol–water partition coefficient (Wildman–Crippen LogP) is -2.15. The molecule has 22 heavy (non-hydrogen) atoms. The summed E-state index contributed by atoms with van der Waals surface area (Å²) in [6.07, 6.45) is 10.4. The van der Waals surface area contributed by atoms with Crippen molar-refractivity contribution in [1.82, 2.24) is 0 Å². The molecule has 1 saturated heterocycles. The van der Waals surface area contributed by atoms with Crippen LogP contribution in [0.4, 0.5) is 0 Å². The van der Waals surface area contributed by atoms with E-state index in [0.29, 0.717) is 25.2 Å². The molecular weight excluding hydrogens is 302 g/mol. The Balaban J connectivity index is 0.00000176. The molecule has 3 aliphatic rings. The van der Waals surface area contributed by atoms with Crippen molar-refractivity contribution in [3.63, 3.8) is 0 Å². The first-order valence-corrected chi connectivity index (χ1v) is 8.54. The number of aliphatic hydroxyl groups is 1. The van der Waals surface area contributed by atoms with E-state index in [-0.39, 0.29) is 23.9 Å². The number of carbonyl (C=O) groups is 1. The molecule has 2 aliphatic heterocycles. The standard InChI is InChI=1S/C17H27NO3.ClH/c1-2-21-16(20)13-7-8-15-6-4-10-17(18(15)11-13)9-3-5-14(17)12-19;/h7,14-15,19H,2-6,8-12H2,1H3;1H/t14-,15-,17+;/m1./s1. The fourth-order valence-electron chi connectivity index (χ4n) is 5.09. The molecular formula is C17H28ClNO3. The molecule has 0 bridgehead atoms. The Labute approximate surface area is 139 Å². The number of hydrogen-bond acceptors (Lipinski definition) is 3. The van der Waals surface area contributed by atoms with E-state index < -0.39 is 0 Å². The Morgan fingerprint density at radius 2 is 2.14 bits per heavy atom. The Morgan fingerprint density at radius 3 is 2.82 bits per heavy atom. The van der Waals surface area contributed by atoms with E-state index in [1.165, 1.54) is 32.1 Å². The van der Waals surface area contributed by atoms with Crippen LogP contribution in [0.2, 0.25) is 0 Å². The molecule has 0 aromatic heterocycles. The van der Waals surface area contributed by atoms with Crippen LogP contribution in [-0.2, 0) is 9.53 Å². The molecule has 4 nitrogen and oxygen atoms in total. The largest absolute Gasteiger partial charge is 1.00 e. The Kier molecular flexibility index (Phi) is 5.92. The summed E-state index contributed by atoms with van der Waals surface area (Å²) in [5, 5.41) is 9.81. The summed E-state index contributed by atoms with van der Waals surface area (Å²) in [7, 11) is 0. The number of hydrogen-bond donors (Lipinski definition) is 2. The number of nitrogens with one attached hydrogen (secondary N) is 1. The van der Waals surface area contributed by atoms with E-state index in [1.807, 2.05) is 6.92 Å². The van der Waals surface area contributed by atoms with Crippen LogP contribution in [0.1, 0.15) is 51.9 Å². The first-order chi connectivity index (χ1) is 10.2. The van der Waals surface area contributed by atoms with Crippen LogP contribution in [0.25, 0.3) is 0 Å². The molecule has 1 aliphatic carbocycles. The van der Waals surface area contributed by atoms with Crippen LogP contribution in [0.5, 0.6) is 0 Å². The highest BCUT2D eigenvalue weighted by Crippen LogP contribution is 2.40. The van der Waals surface area contributed by atoms with Gasteiger partial charge < -0.3 is 27.2 Å². The summed E-state index contributed by atoms with van der Waals surface area (Å²) in [5.41, 5.74) is 1.07. The molecule has 3 rings (SSSR count). The maximum Gasteiger partial charge on any atom is 0.339 e. The van der Waals surface area contributed by atoms with Gasteiger partial charge in [-0.3, -0.25) is 0 Å².